The van der Waals surface area contributed by atoms with E-state index in [1.807, 2.05) is 0 Å². The fraction of sp³-hybridized carbons (Fsp3) is 0.417. The molecule has 4 atom stereocenters. The number of alkyl halides is 1. The molecule has 2 bridgehead atoms. The number of piperazine rings is 1. The van der Waals surface area contributed by atoms with Gasteiger partial charge in [-0.3, -0.25) is 9.58 Å². The minimum Gasteiger partial charge on any atom is -0.508 e. The van der Waals surface area contributed by atoms with Gasteiger partial charge in [0, 0.05) is 67.7 Å². The van der Waals surface area contributed by atoms with Crippen LogP contribution in [0.4, 0.5) is 19.0 Å². The van der Waals surface area contributed by atoms with Gasteiger partial charge in [0.25, 0.3) is 0 Å². The van der Waals surface area contributed by atoms with Crippen LogP contribution < -0.4 is 15.0 Å². The number of terminal acetylenes is 1. The third-order valence-electron chi connectivity index (χ3n) is 10.8. The molecule has 2 aromatic heterocycles. The van der Waals surface area contributed by atoms with Crippen molar-refractivity contribution in [1.82, 2.24) is 30.0 Å². The number of aromatic hydroxyl groups is 1. The number of anilines is 1. The van der Waals surface area contributed by atoms with Crippen molar-refractivity contribution >= 4 is 38.4 Å². The smallest absolute Gasteiger partial charge is 0.319 e. The highest BCUT2D eigenvalue weighted by molar-refractivity contribution is 6.18. The molecular weight excluding hydrogens is 619 g/mol. The number of halogens is 3. The van der Waals surface area contributed by atoms with Crippen LogP contribution in [0, 0.1) is 24.0 Å². The Labute approximate surface area is 274 Å². The minimum absolute atomic E-state index is 0.0103. The minimum atomic E-state index is -0.924. The van der Waals surface area contributed by atoms with Crippen LogP contribution in [0.15, 0.2) is 30.5 Å². The van der Waals surface area contributed by atoms with Crippen LogP contribution in [0.1, 0.15) is 37.7 Å². The van der Waals surface area contributed by atoms with Gasteiger partial charge in [-0.25, -0.2) is 13.2 Å². The van der Waals surface area contributed by atoms with Gasteiger partial charge in [-0.1, -0.05) is 12.0 Å². The summed E-state index contributed by atoms with van der Waals surface area (Å²) in [5.74, 6) is 1.48. The summed E-state index contributed by atoms with van der Waals surface area (Å²) in [7, 11) is 1.75. The largest absolute Gasteiger partial charge is 0.508 e. The summed E-state index contributed by atoms with van der Waals surface area (Å²) in [6.45, 7) is 2.74. The van der Waals surface area contributed by atoms with Crippen LogP contribution in [0.3, 0.4) is 0 Å². The molecule has 4 fully saturated rings. The van der Waals surface area contributed by atoms with Crippen molar-refractivity contribution in [2.75, 3.05) is 37.7 Å². The highest BCUT2D eigenvalue weighted by Crippen LogP contribution is 2.46. The van der Waals surface area contributed by atoms with Crippen LogP contribution in [-0.2, 0) is 7.05 Å². The lowest BCUT2D eigenvalue weighted by Crippen LogP contribution is -2.51. The van der Waals surface area contributed by atoms with Crippen molar-refractivity contribution in [3.05, 3.63) is 47.7 Å². The predicted molar refractivity (Wildman–Crippen MR) is 177 cm³/mol. The summed E-state index contributed by atoms with van der Waals surface area (Å²) in [6.07, 6.45) is 10.9. The Balaban J connectivity index is 1.30. The summed E-state index contributed by atoms with van der Waals surface area (Å²) in [5.41, 5.74) is 0.0652. The Hall–Kier alpha value is -4.60. The molecule has 9 rings (SSSR count). The second-order valence-electron chi connectivity index (χ2n) is 13.9. The summed E-state index contributed by atoms with van der Waals surface area (Å²) in [5, 5.41) is 20.9. The molecule has 12 heteroatoms. The van der Waals surface area contributed by atoms with Gasteiger partial charge in [-0.2, -0.15) is 15.1 Å². The monoisotopic (exact) mass is 653 g/mol. The number of hydrogen-bond donors (Lipinski definition) is 2. The number of benzene rings is 3. The lowest BCUT2D eigenvalue weighted by Gasteiger charge is -2.35. The fourth-order valence-corrected chi connectivity index (χ4v) is 8.83. The first kappa shape index (κ1) is 29.5. The number of ether oxygens (including phenoxy) is 1. The zero-order valence-corrected chi connectivity index (χ0v) is 26.4. The third-order valence-corrected chi connectivity index (χ3v) is 10.8. The lowest BCUT2D eigenvalue weighted by molar-refractivity contribution is 0.107. The highest BCUT2D eigenvalue weighted by Gasteiger charge is 2.49. The summed E-state index contributed by atoms with van der Waals surface area (Å²) in [6, 6.07) is 6.14. The number of hydrogen-bond acceptors (Lipinski definition) is 8. The molecule has 6 heterocycles. The number of fused-ring (bicyclic) bond motifs is 7. The second-order valence-corrected chi connectivity index (χ2v) is 13.9. The normalized spacial score (nSPS) is 25.4. The molecule has 5 aromatic rings. The molecule has 2 N–H and O–H groups in total. The molecule has 0 saturated carbocycles. The Morgan fingerprint density at radius 2 is 1.92 bits per heavy atom. The number of aromatic nitrogens is 4. The molecule has 0 spiro atoms. The summed E-state index contributed by atoms with van der Waals surface area (Å²) < 4.78 is 55.1. The SMILES string of the molecule is C#Cc1c(F)ccc2cc(O)cc(-c3c(F)c4nc(OC[C@@]56CCCN5C[C@H](F)C6)nc(N5C[C@H]6CC[C@@H](C5)N6)c4c4cn(C)nc34)c12. The van der Waals surface area contributed by atoms with E-state index in [9.17, 15) is 9.50 Å². The van der Waals surface area contributed by atoms with Gasteiger partial charge in [0.05, 0.1) is 16.5 Å². The molecule has 4 saturated heterocycles. The van der Waals surface area contributed by atoms with Gasteiger partial charge in [-0.05, 0) is 61.4 Å². The zero-order chi connectivity index (χ0) is 32.9. The number of nitrogens with one attached hydrogen (secondary N) is 1. The Kier molecular flexibility index (Phi) is 6.59. The number of phenols is 1. The molecule has 0 amide bonds. The quantitative estimate of drug-likeness (QED) is 0.251. The van der Waals surface area contributed by atoms with Crippen LogP contribution in [0.5, 0.6) is 11.8 Å². The maximum Gasteiger partial charge on any atom is 0.319 e. The maximum atomic E-state index is 17.5. The van der Waals surface area contributed by atoms with Crippen LogP contribution in [0.25, 0.3) is 43.7 Å². The van der Waals surface area contributed by atoms with E-state index in [4.69, 9.17) is 21.1 Å². The van der Waals surface area contributed by atoms with Crippen molar-refractivity contribution in [3.8, 4) is 35.2 Å². The Morgan fingerprint density at radius 3 is 2.71 bits per heavy atom. The van der Waals surface area contributed by atoms with Gasteiger partial charge in [0.15, 0.2) is 5.82 Å². The van der Waals surface area contributed by atoms with E-state index < -0.39 is 23.3 Å². The van der Waals surface area contributed by atoms with Gasteiger partial charge < -0.3 is 20.1 Å². The van der Waals surface area contributed by atoms with Crippen molar-refractivity contribution in [3.63, 3.8) is 0 Å². The van der Waals surface area contributed by atoms with Gasteiger partial charge in [-0.15, -0.1) is 6.42 Å². The first-order valence-electron chi connectivity index (χ1n) is 16.5. The molecule has 48 heavy (non-hydrogen) atoms. The highest BCUT2D eigenvalue weighted by atomic mass is 19.1. The molecule has 0 aliphatic carbocycles. The molecular formula is C36H34F3N7O2. The summed E-state index contributed by atoms with van der Waals surface area (Å²) in [4.78, 5) is 14.0. The molecule has 4 aliphatic heterocycles. The maximum absolute atomic E-state index is 17.5. The molecule has 246 valence electrons. The third kappa shape index (κ3) is 4.44. The molecule has 4 aliphatic rings. The topological polar surface area (TPSA) is 91.6 Å². The van der Waals surface area contributed by atoms with E-state index in [1.54, 1.807) is 17.9 Å². The molecule has 9 nitrogen and oxygen atoms in total. The summed E-state index contributed by atoms with van der Waals surface area (Å²) >= 11 is 0. The first-order chi connectivity index (χ1) is 23.2. The van der Waals surface area contributed by atoms with Crippen LogP contribution in [0.2, 0.25) is 0 Å². The predicted octanol–water partition coefficient (Wildman–Crippen LogP) is 5.20. The van der Waals surface area contributed by atoms with E-state index in [-0.39, 0.29) is 58.0 Å². The van der Waals surface area contributed by atoms with Crippen LogP contribution >= 0.6 is 0 Å². The van der Waals surface area contributed by atoms with Gasteiger partial charge >= 0.3 is 6.01 Å². The van der Waals surface area contributed by atoms with E-state index in [2.05, 4.69) is 26.1 Å². The Bertz CT molecular complexity index is 2190. The first-order valence-corrected chi connectivity index (χ1v) is 16.5. The number of aryl methyl sites for hydroxylation is 1. The zero-order valence-electron chi connectivity index (χ0n) is 26.4. The average Bonchev–Trinajstić information content (AvgIpc) is 3.81. The van der Waals surface area contributed by atoms with Crippen molar-refractivity contribution in [2.24, 2.45) is 7.05 Å². The van der Waals surface area contributed by atoms with Crippen molar-refractivity contribution in [2.45, 2.75) is 55.9 Å². The van der Waals surface area contributed by atoms with Crippen LogP contribution in [-0.4, -0.2) is 86.3 Å². The standard InChI is InChI=1S/C36H34F3N7O2/c1-3-24-27(38)8-5-19-11-23(47)12-25(28(19)24)29-31(39)33-30(26-17-44(2)43-32(26)29)34(45-15-21-6-7-22(16-45)40-21)42-35(41-33)48-18-36-9-4-10-46(36)14-20(37)13-36/h1,5,8,11-12,17,20-22,40,47H,4,6-7,9-10,13-16,18H2,2H3/t20-,21-,22+,36+/m1/s1. The van der Waals surface area contributed by atoms with E-state index >= 15 is 8.78 Å². The number of rotatable bonds is 5. The second kappa shape index (κ2) is 10.7. The van der Waals surface area contributed by atoms with Gasteiger partial charge in [0.2, 0.25) is 0 Å². The molecule has 3 aromatic carbocycles. The number of phenolic OH excluding ortho intramolecular Hbond substituents is 1. The van der Waals surface area contributed by atoms with E-state index in [0.29, 0.717) is 53.5 Å². The fourth-order valence-electron chi connectivity index (χ4n) is 8.83. The molecule has 0 unspecified atom stereocenters. The van der Waals surface area contributed by atoms with Gasteiger partial charge in [0.1, 0.15) is 41.2 Å². The average molecular weight is 654 g/mol. The molecule has 0 radical (unpaired) electrons. The lowest BCUT2D eigenvalue weighted by atomic mass is 9.91. The van der Waals surface area contributed by atoms with Crippen molar-refractivity contribution < 1.29 is 23.0 Å². The van der Waals surface area contributed by atoms with E-state index in [1.165, 1.54) is 24.3 Å². The van der Waals surface area contributed by atoms with E-state index in [0.717, 1.165) is 32.2 Å². The van der Waals surface area contributed by atoms with Crippen molar-refractivity contribution in [1.29, 1.82) is 0 Å². The number of nitrogens with zero attached hydrogens (tertiary/aromatic N) is 6. The Morgan fingerprint density at radius 1 is 1.10 bits per heavy atom.